The van der Waals surface area contributed by atoms with Gasteiger partial charge in [0.2, 0.25) is 0 Å². The largest absolute Gasteiger partial charge is 0.265 e. The summed E-state index contributed by atoms with van der Waals surface area (Å²) in [4.78, 5) is 4.71. The summed E-state index contributed by atoms with van der Waals surface area (Å²) >= 11 is 0. The standard InChI is InChI=1S/C20H18N6O3S/c1-3-9-26-20-14(11-13-10-12(2)7-8-15(13)21-20)19(22-26)25-30(27,28)17-6-4-5-16-18(17)24-29-23-16/h4-8,10-11H,3,9H2,1-2H3,(H,22,25). The highest BCUT2D eigenvalue weighted by atomic mass is 32.2. The van der Waals surface area contributed by atoms with E-state index >= 15 is 0 Å². The maximum Gasteiger partial charge on any atom is 0.265 e. The normalized spacial score (nSPS) is 12.2. The fourth-order valence-electron chi connectivity index (χ4n) is 3.50. The van der Waals surface area contributed by atoms with E-state index in [1.54, 1.807) is 16.8 Å². The van der Waals surface area contributed by atoms with Crippen LogP contribution < -0.4 is 4.72 Å². The third-order valence-corrected chi connectivity index (χ3v) is 6.25. The molecule has 3 aromatic heterocycles. The SMILES string of the molecule is CCCn1nc(NS(=O)(=O)c2cccc3nonc23)c2cc3cc(C)ccc3nc21. The number of nitrogens with one attached hydrogen (secondary N) is 1. The molecule has 0 amide bonds. The highest BCUT2D eigenvalue weighted by Crippen LogP contribution is 2.29. The molecule has 9 nitrogen and oxygen atoms in total. The molecule has 0 unspecified atom stereocenters. The van der Waals surface area contributed by atoms with Crippen LogP contribution in [0, 0.1) is 6.92 Å². The van der Waals surface area contributed by atoms with E-state index in [-0.39, 0.29) is 16.2 Å². The predicted octanol–water partition coefficient (Wildman–Crippen LogP) is 3.64. The molecule has 0 saturated carbocycles. The van der Waals surface area contributed by atoms with Crippen LogP contribution in [0.4, 0.5) is 5.82 Å². The summed E-state index contributed by atoms with van der Waals surface area (Å²) in [6, 6.07) is 12.6. The van der Waals surface area contributed by atoms with E-state index in [2.05, 4.69) is 20.1 Å². The van der Waals surface area contributed by atoms with Gasteiger partial charge in [-0.1, -0.05) is 24.6 Å². The number of pyridine rings is 1. The summed E-state index contributed by atoms with van der Waals surface area (Å²) in [5.41, 5.74) is 3.09. The van der Waals surface area contributed by atoms with Crippen molar-refractivity contribution in [2.45, 2.75) is 31.7 Å². The molecule has 0 aliphatic rings. The van der Waals surface area contributed by atoms with Gasteiger partial charge in [0, 0.05) is 11.9 Å². The van der Waals surface area contributed by atoms with Gasteiger partial charge in [-0.3, -0.25) is 4.72 Å². The smallest absolute Gasteiger partial charge is 0.261 e. The van der Waals surface area contributed by atoms with Crippen molar-refractivity contribution in [3.8, 4) is 0 Å². The predicted molar refractivity (Wildman–Crippen MR) is 113 cm³/mol. The summed E-state index contributed by atoms with van der Waals surface area (Å²) in [6.07, 6.45) is 0.834. The van der Waals surface area contributed by atoms with Crippen molar-refractivity contribution in [2.75, 3.05) is 4.72 Å². The molecule has 10 heteroatoms. The van der Waals surface area contributed by atoms with E-state index < -0.39 is 10.0 Å². The molecule has 0 fully saturated rings. The van der Waals surface area contributed by atoms with Crippen LogP contribution in [0.5, 0.6) is 0 Å². The molecule has 152 valence electrons. The summed E-state index contributed by atoms with van der Waals surface area (Å²) in [5.74, 6) is 0.225. The minimum atomic E-state index is -3.98. The summed E-state index contributed by atoms with van der Waals surface area (Å²) < 4.78 is 35.3. The van der Waals surface area contributed by atoms with Crippen LogP contribution in [0.15, 0.2) is 52.0 Å². The van der Waals surface area contributed by atoms with Crippen molar-refractivity contribution in [2.24, 2.45) is 0 Å². The van der Waals surface area contributed by atoms with Gasteiger partial charge in [-0.15, -0.1) is 0 Å². The third kappa shape index (κ3) is 2.96. The lowest BCUT2D eigenvalue weighted by molar-refractivity contribution is 0.315. The molecule has 0 bridgehead atoms. The van der Waals surface area contributed by atoms with Crippen molar-refractivity contribution >= 4 is 48.8 Å². The molecule has 3 heterocycles. The number of benzene rings is 2. The van der Waals surface area contributed by atoms with E-state index in [0.29, 0.717) is 23.1 Å². The Kier molecular flexibility index (Phi) is 4.17. The molecule has 0 atom stereocenters. The van der Waals surface area contributed by atoms with E-state index in [9.17, 15) is 8.42 Å². The molecule has 0 saturated heterocycles. The molecule has 2 aromatic carbocycles. The zero-order valence-corrected chi connectivity index (χ0v) is 17.1. The molecule has 0 aliphatic carbocycles. The molecule has 0 aliphatic heterocycles. The van der Waals surface area contributed by atoms with Crippen LogP contribution in [-0.4, -0.2) is 33.5 Å². The van der Waals surface area contributed by atoms with Crippen molar-refractivity contribution < 1.29 is 13.0 Å². The highest BCUT2D eigenvalue weighted by molar-refractivity contribution is 7.93. The monoisotopic (exact) mass is 422 g/mol. The Bertz CT molecular complexity index is 1520. The number of aromatic nitrogens is 5. The molecule has 5 rings (SSSR count). The van der Waals surface area contributed by atoms with Crippen molar-refractivity contribution in [3.05, 3.63) is 48.0 Å². The average molecular weight is 422 g/mol. The Balaban J connectivity index is 1.68. The van der Waals surface area contributed by atoms with Gasteiger partial charge in [0.25, 0.3) is 10.0 Å². The maximum atomic E-state index is 13.2. The Morgan fingerprint density at radius 3 is 2.80 bits per heavy atom. The zero-order valence-electron chi connectivity index (χ0n) is 16.3. The Hall–Kier alpha value is -3.53. The average Bonchev–Trinajstić information content (AvgIpc) is 3.31. The minimum Gasteiger partial charge on any atom is -0.261 e. The van der Waals surface area contributed by atoms with Crippen molar-refractivity contribution in [1.82, 2.24) is 25.1 Å². The Morgan fingerprint density at radius 2 is 1.97 bits per heavy atom. The van der Waals surface area contributed by atoms with Crippen LogP contribution in [0.25, 0.3) is 33.0 Å². The highest BCUT2D eigenvalue weighted by Gasteiger charge is 2.24. The van der Waals surface area contributed by atoms with Crippen LogP contribution in [0.1, 0.15) is 18.9 Å². The summed E-state index contributed by atoms with van der Waals surface area (Å²) in [7, 11) is -3.98. The lowest BCUT2D eigenvalue weighted by Gasteiger charge is -2.06. The van der Waals surface area contributed by atoms with E-state index in [1.807, 2.05) is 38.1 Å². The second kappa shape index (κ2) is 6.77. The van der Waals surface area contributed by atoms with Gasteiger partial charge in [0.05, 0.1) is 10.9 Å². The van der Waals surface area contributed by atoms with Crippen LogP contribution in [0.2, 0.25) is 0 Å². The molecule has 5 aromatic rings. The van der Waals surface area contributed by atoms with E-state index in [0.717, 1.165) is 22.9 Å². The van der Waals surface area contributed by atoms with E-state index in [1.165, 1.54) is 6.07 Å². The molecular weight excluding hydrogens is 404 g/mol. The third-order valence-electron chi connectivity index (χ3n) is 4.88. The number of fused-ring (bicyclic) bond motifs is 3. The number of aryl methyl sites for hydroxylation is 2. The van der Waals surface area contributed by atoms with Crippen molar-refractivity contribution in [1.29, 1.82) is 0 Å². The number of rotatable bonds is 5. The molecule has 0 spiro atoms. The first-order valence-corrected chi connectivity index (χ1v) is 11.0. The second-order valence-electron chi connectivity index (χ2n) is 7.12. The topological polar surface area (TPSA) is 116 Å². The number of hydrogen-bond donors (Lipinski definition) is 1. The van der Waals surface area contributed by atoms with E-state index in [4.69, 9.17) is 9.61 Å². The fourth-order valence-corrected chi connectivity index (χ4v) is 4.67. The van der Waals surface area contributed by atoms with Gasteiger partial charge in [-0.2, -0.15) is 5.10 Å². The first-order valence-electron chi connectivity index (χ1n) is 9.48. The van der Waals surface area contributed by atoms with Gasteiger partial charge in [-0.05, 0) is 54.0 Å². The van der Waals surface area contributed by atoms with Gasteiger partial charge in [-0.25, -0.2) is 22.7 Å². The second-order valence-corrected chi connectivity index (χ2v) is 8.77. The quantitative estimate of drug-likeness (QED) is 0.460. The first kappa shape index (κ1) is 18.5. The zero-order chi connectivity index (χ0) is 20.9. The number of nitrogens with zero attached hydrogens (tertiary/aromatic N) is 5. The number of hydrogen-bond acceptors (Lipinski definition) is 7. The van der Waals surface area contributed by atoms with Gasteiger partial charge in [0.15, 0.2) is 17.0 Å². The maximum absolute atomic E-state index is 13.2. The summed E-state index contributed by atoms with van der Waals surface area (Å²) in [5, 5.41) is 13.5. The number of anilines is 1. The fraction of sp³-hybridized carbons (Fsp3) is 0.200. The summed E-state index contributed by atoms with van der Waals surface area (Å²) in [6.45, 7) is 4.64. The minimum absolute atomic E-state index is 0.0240. The molecular formula is C20H18N6O3S. The Morgan fingerprint density at radius 1 is 1.10 bits per heavy atom. The lowest BCUT2D eigenvalue weighted by Crippen LogP contribution is -2.14. The Labute approximate surface area is 171 Å². The molecule has 1 N–H and O–H groups in total. The number of sulfonamides is 1. The van der Waals surface area contributed by atoms with Crippen LogP contribution >= 0.6 is 0 Å². The molecule has 0 radical (unpaired) electrons. The van der Waals surface area contributed by atoms with Crippen molar-refractivity contribution in [3.63, 3.8) is 0 Å². The van der Waals surface area contributed by atoms with Gasteiger partial charge in [0.1, 0.15) is 10.4 Å². The van der Waals surface area contributed by atoms with Crippen LogP contribution in [-0.2, 0) is 16.6 Å². The van der Waals surface area contributed by atoms with Gasteiger partial charge >= 0.3 is 0 Å². The van der Waals surface area contributed by atoms with Crippen LogP contribution in [0.3, 0.4) is 0 Å². The molecule has 30 heavy (non-hydrogen) atoms. The van der Waals surface area contributed by atoms with Gasteiger partial charge < -0.3 is 0 Å². The first-order chi connectivity index (χ1) is 14.5. The lowest BCUT2D eigenvalue weighted by atomic mass is 10.1.